The van der Waals surface area contributed by atoms with Crippen molar-refractivity contribution in [1.29, 1.82) is 0 Å². The molecule has 2 aromatic carbocycles. The van der Waals surface area contributed by atoms with Crippen LogP contribution in [0, 0.1) is 11.2 Å². The average molecular weight is 378 g/mol. The summed E-state index contributed by atoms with van der Waals surface area (Å²) in [7, 11) is 0. The Kier molecular flexibility index (Phi) is 4.94. The Morgan fingerprint density at radius 2 is 2.14 bits per heavy atom. The van der Waals surface area contributed by atoms with Crippen molar-refractivity contribution in [3.05, 3.63) is 66.1 Å². The number of carbonyl (C=O) groups is 1. The highest BCUT2D eigenvalue weighted by Gasteiger charge is 2.38. The Morgan fingerprint density at radius 1 is 1.29 bits per heavy atom. The fourth-order valence-corrected chi connectivity index (χ4v) is 3.85. The van der Waals surface area contributed by atoms with Crippen molar-refractivity contribution in [3.8, 4) is 11.3 Å². The first-order valence-corrected chi connectivity index (χ1v) is 9.54. The maximum absolute atomic E-state index is 13.8. The Bertz CT molecular complexity index is 986. The third kappa shape index (κ3) is 3.67. The van der Waals surface area contributed by atoms with E-state index < -0.39 is 0 Å². The van der Waals surface area contributed by atoms with E-state index in [1.165, 1.54) is 6.07 Å². The van der Waals surface area contributed by atoms with Crippen molar-refractivity contribution in [2.45, 2.75) is 38.8 Å². The second-order valence-corrected chi connectivity index (χ2v) is 7.69. The van der Waals surface area contributed by atoms with Crippen LogP contribution in [0.5, 0.6) is 0 Å². The summed E-state index contributed by atoms with van der Waals surface area (Å²) in [6.07, 6.45) is 5.85. The molecule has 1 N–H and O–H groups in total. The first kappa shape index (κ1) is 18.3. The highest BCUT2D eigenvalue weighted by atomic mass is 19.1. The molecule has 2 atom stereocenters. The van der Waals surface area contributed by atoms with E-state index in [2.05, 4.69) is 15.6 Å². The van der Waals surface area contributed by atoms with Gasteiger partial charge in [0.2, 0.25) is 0 Å². The molecule has 0 aliphatic heterocycles. The lowest BCUT2D eigenvalue weighted by Gasteiger charge is -2.27. The molecule has 1 saturated carbocycles. The van der Waals surface area contributed by atoms with Crippen molar-refractivity contribution in [3.63, 3.8) is 0 Å². The number of carbonyl (C=O) groups excluding carboxylic acids is 1. The molecule has 2 unspecified atom stereocenters. The van der Waals surface area contributed by atoms with Crippen LogP contribution in [0.3, 0.4) is 0 Å². The normalized spacial score (nSPS) is 21.6. The smallest absolute Gasteiger partial charge is 0.128 e. The lowest BCUT2D eigenvalue weighted by Crippen LogP contribution is -2.34. The quantitative estimate of drug-likeness (QED) is 0.650. The zero-order chi connectivity index (χ0) is 19.6. The third-order valence-corrected chi connectivity index (χ3v) is 5.60. The van der Waals surface area contributed by atoms with Crippen LogP contribution in [-0.2, 0) is 11.3 Å². The molecule has 3 aromatic rings. The van der Waals surface area contributed by atoms with E-state index >= 15 is 0 Å². The minimum absolute atomic E-state index is 0.136. The topological polar surface area (TPSA) is 59.8 Å². The largest absolute Gasteiger partial charge is 0.381 e. The number of hydrogen-bond acceptors (Lipinski definition) is 4. The molecule has 0 saturated heterocycles. The minimum Gasteiger partial charge on any atom is -0.381 e. The predicted molar refractivity (Wildman–Crippen MR) is 106 cm³/mol. The molecule has 144 valence electrons. The van der Waals surface area contributed by atoms with Crippen molar-refractivity contribution >= 4 is 12.0 Å². The van der Waals surface area contributed by atoms with E-state index in [1.807, 2.05) is 43.5 Å². The molecule has 1 heterocycles. The van der Waals surface area contributed by atoms with E-state index in [0.29, 0.717) is 12.1 Å². The second kappa shape index (κ2) is 7.54. The van der Waals surface area contributed by atoms with Gasteiger partial charge in [-0.25, -0.2) is 9.07 Å². The standard InChI is InChI=1S/C22H23FN4O/c1-22(15-28)11-5-10-21(22)24-18-8-4-7-16(12-18)20-14-27(26-25-20)13-17-6-2-3-9-19(17)23/h2-4,6-9,12,14-15,21,24H,5,10-11,13H2,1H3. The number of aldehydes is 1. The molecule has 1 aromatic heterocycles. The highest BCUT2D eigenvalue weighted by molar-refractivity contribution is 5.66. The summed E-state index contributed by atoms with van der Waals surface area (Å²) < 4.78 is 15.5. The van der Waals surface area contributed by atoms with Gasteiger partial charge in [0.05, 0.1) is 12.7 Å². The van der Waals surface area contributed by atoms with Crippen LogP contribution in [0.25, 0.3) is 11.3 Å². The van der Waals surface area contributed by atoms with Gasteiger partial charge < -0.3 is 10.1 Å². The second-order valence-electron chi connectivity index (χ2n) is 7.69. The molecule has 4 rings (SSSR count). The van der Waals surface area contributed by atoms with E-state index in [-0.39, 0.29) is 17.3 Å². The summed E-state index contributed by atoms with van der Waals surface area (Å²) in [4.78, 5) is 11.5. The number of nitrogens with zero attached hydrogens (tertiary/aromatic N) is 3. The molecular formula is C22H23FN4O. The number of anilines is 1. The van der Waals surface area contributed by atoms with Gasteiger partial charge in [-0.1, -0.05) is 48.9 Å². The van der Waals surface area contributed by atoms with Gasteiger partial charge in [-0.2, -0.15) is 0 Å². The summed E-state index contributed by atoms with van der Waals surface area (Å²) in [5.41, 5.74) is 2.86. The first-order chi connectivity index (χ1) is 13.6. The lowest BCUT2D eigenvalue weighted by molar-refractivity contribution is -0.115. The molecule has 0 amide bonds. The van der Waals surface area contributed by atoms with Crippen molar-refractivity contribution in [2.24, 2.45) is 5.41 Å². The van der Waals surface area contributed by atoms with Crippen LogP contribution in [-0.4, -0.2) is 27.3 Å². The molecule has 6 heteroatoms. The molecule has 5 nitrogen and oxygen atoms in total. The Balaban J connectivity index is 1.51. The van der Waals surface area contributed by atoms with Crippen molar-refractivity contribution < 1.29 is 9.18 Å². The van der Waals surface area contributed by atoms with Gasteiger partial charge in [-0.3, -0.25) is 0 Å². The van der Waals surface area contributed by atoms with E-state index in [0.717, 1.165) is 42.5 Å². The van der Waals surface area contributed by atoms with Crippen molar-refractivity contribution in [2.75, 3.05) is 5.32 Å². The van der Waals surface area contributed by atoms with Crippen LogP contribution in [0.1, 0.15) is 31.7 Å². The Hall–Kier alpha value is -3.02. The molecule has 28 heavy (non-hydrogen) atoms. The maximum Gasteiger partial charge on any atom is 0.128 e. The van der Waals surface area contributed by atoms with Gasteiger partial charge in [-0.15, -0.1) is 5.10 Å². The molecule has 1 fully saturated rings. The highest BCUT2D eigenvalue weighted by Crippen LogP contribution is 2.38. The monoisotopic (exact) mass is 378 g/mol. The fraction of sp³-hybridized carbons (Fsp3) is 0.318. The van der Waals surface area contributed by atoms with E-state index in [9.17, 15) is 9.18 Å². The summed E-state index contributed by atoms with van der Waals surface area (Å²) in [6, 6.07) is 14.7. The Morgan fingerprint density at radius 3 is 2.96 bits per heavy atom. The lowest BCUT2D eigenvalue weighted by atomic mass is 9.86. The van der Waals surface area contributed by atoms with Gasteiger partial charge in [0, 0.05) is 28.3 Å². The molecule has 0 spiro atoms. The summed E-state index contributed by atoms with van der Waals surface area (Å²) in [5, 5.41) is 11.9. The van der Waals surface area contributed by atoms with Gasteiger partial charge in [0.15, 0.2) is 0 Å². The predicted octanol–water partition coefficient (Wildman–Crippen LogP) is 4.30. The van der Waals surface area contributed by atoms with Crippen LogP contribution in [0.4, 0.5) is 10.1 Å². The zero-order valence-corrected chi connectivity index (χ0v) is 15.8. The summed E-state index contributed by atoms with van der Waals surface area (Å²) in [5.74, 6) is -0.250. The van der Waals surface area contributed by atoms with E-state index in [1.54, 1.807) is 16.8 Å². The SMILES string of the molecule is CC1(C=O)CCCC1Nc1cccc(-c2cn(Cc3ccccc3F)nn2)c1. The first-order valence-electron chi connectivity index (χ1n) is 9.54. The van der Waals surface area contributed by atoms with Gasteiger partial charge in [-0.05, 0) is 31.0 Å². The van der Waals surface area contributed by atoms with Crippen LogP contribution in [0.15, 0.2) is 54.7 Å². The summed E-state index contributed by atoms with van der Waals surface area (Å²) >= 11 is 0. The maximum atomic E-state index is 13.8. The molecular weight excluding hydrogens is 355 g/mol. The fourth-order valence-electron chi connectivity index (χ4n) is 3.85. The number of hydrogen-bond donors (Lipinski definition) is 1. The summed E-state index contributed by atoms with van der Waals surface area (Å²) in [6.45, 7) is 2.35. The molecule has 0 bridgehead atoms. The average Bonchev–Trinajstić information content (AvgIpc) is 3.32. The minimum atomic E-state index is -0.321. The molecule has 0 radical (unpaired) electrons. The van der Waals surface area contributed by atoms with Gasteiger partial charge in [0.1, 0.15) is 17.8 Å². The number of benzene rings is 2. The van der Waals surface area contributed by atoms with E-state index in [4.69, 9.17) is 0 Å². The molecule has 1 aliphatic carbocycles. The van der Waals surface area contributed by atoms with Gasteiger partial charge >= 0.3 is 0 Å². The number of aromatic nitrogens is 3. The van der Waals surface area contributed by atoms with Crippen LogP contribution >= 0.6 is 0 Å². The van der Waals surface area contributed by atoms with Crippen molar-refractivity contribution in [1.82, 2.24) is 15.0 Å². The number of rotatable bonds is 6. The molecule has 1 aliphatic rings. The number of halogens is 1. The third-order valence-electron chi connectivity index (χ3n) is 5.60. The van der Waals surface area contributed by atoms with Gasteiger partial charge in [0.25, 0.3) is 0 Å². The Labute approximate surface area is 163 Å². The number of nitrogens with one attached hydrogen (secondary N) is 1. The van der Waals surface area contributed by atoms with Crippen LogP contribution < -0.4 is 5.32 Å². The van der Waals surface area contributed by atoms with Crippen LogP contribution in [0.2, 0.25) is 0 Å². The zero-order valence-electron chi connectivity index (χ0n) is 15.8.